The van der Waals surface area contributed by atoms with Crippen LogP contribution in [-0.4, -0.2) is 40.7 Å². The molecule has 1 aliphatic rings. The van der Waals surface area contributed by atoms with Crippen molar-refractivity contribution in [2.75, 3.05) is 6.54 Å². The lowest BCUT2D eigenvalue weighted by Gasteiger charge is -2.39. The summed E-state index contributed by atoms with van der Waals surface area (Å²) >= 11 is 0. The zero-order valence-corrected chi connectivity index (χ0v) is 14.3. The monoisotopic (exact) mass is 389 g/mol. The zero-order valence-electron chi connectivity index (χ0n) is 14.3. The summed E-state index contributed by atoms with van der Waals surface area (Å²) in [5, 5.41) is 3.83. The molecule has 27 heavy (non-hydrogen) atoms. The first kappa shape index (κ1) is 20.3. The van der Waals surface area contributed by atoms with E-state index in [9.17, 15) is 36.7 Å². The Morgan fingerprint density at radius 2 is 1.74 bits per heavy atom. The number of nitrogens with zero attached hydrogens (tertiary/aromatic N) is 1. The van der Waals surface area contributed by atoms with Crippen LogP contribution in [0.3, 0.4) is 0 Å². The number of rotatable bonds is 5. The van der Waals surface area contributed by atoms with E-state index < -0.39 is 58.1 Å². The van der Waals surface area contributed by atoms with Gasteiger partial charge in [0.2, 0.25) is 0 Å². The predicted molar refractivity (Wildman–Crippen MR) is 82.3 cm³/mol. The van der Waals surface area contributed by atoms with Crippen LogP contribution in [0.25, 0.3) is 0 Å². The minimum absolute atomic E-state index is 0.0657. The Hall–Kier alpha value is -2.98. The Bertz CT molecular complexity index is 845. The molecule has 2 rings (SSSR count). The van der Waals surface area contributed by atoms with E-state index in [0.29, 0.717) is 11.3 Å². The molecule has 0 saturated carbocycles. The maximum absolute atomic E-state index is 13.8. The third-order valence-corrected chi connectivity index (χ3v) is 4.12. The summed E-state index contributed by atoms with van der Waals surface area (Å²) in [6, 6.07) is -0.887. The van der Waals surface area contributed by atoms with Gasteiger partial charge >= 0.3 is 6.03 Å². The lowest BCUT2D eigenvalue weighted by atomic mass is 9.90. The number of amides is 5. The Morgan fingerprint density at radius 1 is 1.11 bits per heavy atom. The van der Waals surface area contributed by atoms with Gasteiger partial charge in [0.05, 0.1) is 5.56 Å². The van der Waals surface area contributed by atoms with E-state index in [4.69, 9.17) is 0 Å². The molecule has 1 unspecified atom stereocenters. The van der Waals surface area contributed by atoms with Crippen molar-refractivity contribution >= 4 is 23.8 Å². The molecule has 0 spiro atoms. The standard InChI is InChI=1S/C16H15F4N3O4/c1-3-5-23-14(26)16(4-2,13(25)21-15(23)27)22-12(24)7-6-8(17)10(19)11(20)9(7)18/h6H,3-5H2,1-2H3,(H,22,24)(H,21,25,27). The molecule has 11 heteroatoms. The molecule has 1 aliphatic heterocycles. The number of halogens is 4. The number of carbonyl (C=O) groups is 4. The second kappa shape index (κ2) is 7.33. The molecule has 1 heterocycles. The highest BCUT2D eigenvalue weighted by atomic mass is 19.2. The smallest absolute Gasteiger partial charge is 0.330 e. The molecule has 7 nitrogen and oxygen atoms in total. The van der Waals surface area contributed by atoms with Crippen molar-refractivity contribution in [3.05, 3.63) is 34.9 Å². The van der Waals surface area contributed by atoms with E-state index in [2.05, 4.69) is 0 Å². The van der Waals surface area contributed by atoms with Crippen LogP contribution in [0.1, 0.15) is 37.0 Å². The van der Waals surface area contributed by atoms with Crippen LogP contribution in [0.4, 0.5) is 22.4 Å². The van der Waals surface area contributed by atoms with Gasteiger partial charge in [-0.05, 0) is 18.9 Å². The topological polar surface area (TPSA) is 95.6 Å². The maximum Gasteiger partial charge on any atom is 0.330 e. The normalized spacial score (nSPS) is 19.9. The first-order valence-electron chi connectivity index (χ1n) is 7.93. The van der Waals surface area contributed by atoms with Crippen molar-refractivity contribution < 1.29 is 36.7 Å². The minimum atomic E-state index is -2.30. The Kier molecular flexibility index (Phi) is 5.52. The summed E-state index contributed by atoms with van der Waals surface area (Å²) in [6.45, 7) is 2.92. The van der Waals surface area contributed by atoms with Gasteiger partial charge in [-0.3, -0.25) is 24.6 Å². The van der Waals surface area contributed by atoms with Crippen LogP contribution < -0.4 is 10.6 Å². The molecule has 0 bridgehead atoms. The fraction of sp³-hybridized carbons (Fsp3) is 0.375. The molecule has 0 aromatic heterocycles. The van der Waals surface area contributed by atoms with Gasteiger partial charge in [-0.1, -0.05) is 13.8 Å². The van der Waals surface area contributed by atoms with Gasteiger partial charge in [0.1, 0.15) is 0 Å². The van der Waals surface area contributed by atoms with Gasteiger partial charge < -0.3 is 5.32 Å². The number of barbiturate groups is 1. The van der Waals surface area contributed by atoms with Gasteiger partial charge in [-0.2, -0.15) is 0 Å². The highest BCUT2D eigenvalue weighted by molar-refractivity contribution is 6.24. The Labute approximate surface area is 150 Å². The Balaban J connectivity index is 2.46. The number of carbonyl (C=O) groups excluding carboxylic acids is 4. The van der Waals surface area contributed by atoms with E-state index in [0.717, 1.165) is 0 Å². The molecule has 1 fully saturated rings. The quantitative estimate of drug-likeness (QED) is 0.346. The molecule has 1 atom stereocenters. The molecule has 2 N–H and O–H groups in total. The highest BCUT2D eigenvalue weighted by Gasteiger charge is 2.54. The lowest BCUT2D eigenvalue weighted by Crippen LogP contribution is -2.73. The largest absolute Gasteiger partial charge is 0.330 e. The van der Waals surface area contributed by atoms with Crippen LogP contribution in [0.2, 0.25) is 0 Å². The van der Waals surface area contributed by atoms with E-state index in [1.807, 2.05) is 10.6 Å². The average molecular weight is 389 g/mol. The molecule has 0 radical (unpaired) electrons. The van der Waals surface area contributed by atoms with Crippen molar-refractivity contribution in [2.24, 2.45) is 0 Å². The predicted octanol–water partition coefficient (Wildman–Crippen LogP) is 1.61. The maximum atomic E-state index is 13.8. The summed E-state index contributed by atoms with van der Waals surface area (Å²) in [5.74, 6) is -11.9. The molecule has 0 aliphatic carbocycles. The van der Waals surface area contributed by atoms with E-state index >= 15 is 0 Å². The van der Waals surface area contributed by atoms with Crippen molar-refractivity contribution in [1.29, 1.82) is 0 Å². The third-order valence-electron chi connectivity index (χ3n) is 4.12. The van der Waals surface area contributed by atoms with E-state index in [-0.39, 0.29) is 19.0 Å². The summed E-state index contributed by atoms with van der Waals surface area (Å²) in [4.78, 5) is 49.7. The lowest BCUT2D eigenvalue weighted by molar-refractivity contribution is -0.146. The van der Waals surface area contributed by atoms with Crippen LogP contribution in [-0.2, 0) is 9.59 Å². The first-order valence-corrected chi connectivity index (χ1v) is 7.93. The van der Waals surface area contributed by atoms with E-state index in [1.54, 1.807) is 6.92 Å². The van der Waals surface area contributed by atoms with Crippen molar-refractivity contribution in [3.8, 4) is 0 Å². The molecule has 146 valence electrons. The van der Waals surface area contributed by atoms with Crippen LogP contribution in [0.5, 0.6) is 0 Å². The zero-order chi connectivity index (χ0) is 20.5. The average Bonchev–Trinajstić information content (AvgIpc) is 2.63. The second-order valence-corrected chi connectivity index (χ2v) is 5.78. The van der Waals surface area contributed by atoms with Crippen LogP contribution in [0, 0.1) is 23.3 Å². The minimum Gasteiger partial charge on any atom is -0.330 e. The fourth-order valence-corrected chi connectivity index (χ4v) is 2.63. The molecule has 1 aromatic carbocycles. The first-order chi connectivity index (χ1) is 12.6. The molecule has 1 saturated heterocycles. The number of hydrogen-bond acceptors (Lipinski definition) is 4. The summed E-state index contributed by atoms with van der Waals surface area (Å²) < 4.78 is 53.6. The number of imide groups is 2. The van der Waals surface area contributed by atoms with Gasteiger partial charge in [0.25, 0.3) is 17.7 Å². The van der Waals surface area contributed by atoms with Gasteiger partial charge in [0.15, 0.2) is 28.8 Å². The van der Waals surface area contributed by atoms with Gasteiger partial charge in [-0.25, -0.2) is 22.4 Å². The second-order valence-electron chi connectivity index (χ2n) is 5.78. The van der Waals surface area contributed by atoms with Gasteiger partial charge in [0, 0.05) is 6.54 Å². The molecule has 5 amide bonds. The SMILES string of the molecule is CCCN1C(=O)NC(=O)C(CC)(NC(=O)c2cc(F)c(F)c(F)c2F)C1=O. The van der Waals surface area contributed by atoms with Gasteiger partial charge in [-0.15, -0.1) is 0 Å². The van der Waals surface area contributed by atoms with Crippen LogP contribution >= 0.6 is 0 Å². The fourth-order valence-electron chi connectivity index (χ4n) is 2.63. The third kappa shape index (κ3) is 3.24. The van der Waals surface area contributed by atoms with Crippen LogP contribution in [0.15, 0.2) is 6.07 Å². The molecular formula is C16H15F4N3O4. The van der Waals surface area contributed by atoms with E-state index in [1.165, 1.54) is 6.92 Å². The summed E-state index contributed by atoms with van der Waals surface area (Å²) in [5.41, 5.74) is -3.53. The number of urea groups is 1. The Morgan fingerprint density at radius 3 is 2.30 bits per heavy atom. The highest BCUT2D eigenvalue weighted by Crippen LogP contribution is 2.23. The summed E-state index contributed by atoms with van der Waals surface area (Å²) in [6.07, 6.45) is 0.00871. The number of benzene rings is 1. The van der Waals surface area contributed by atoms with Crippen molar-refractivity contribution in [1.82, 2.24) is 15.5 Å². The number of hydrogen-bond donors (Lipinski definition) is 2. The van der Waals surface area contributed by atoms with Crippen molar-refractivity contribution in [2.45, 2.75) is 32.2 Å². The molecular weight excluding hydrogens is 374 g/mol. The summed E-state index contributed by atoms with van der Waals surface area (Å²) in [7, 11) is 0. The van der Waals surface area contributed by atoms with Crippen molar-refractivity contribution in [3.63, 3.8) is 0 Å². The molecule has 1 aromatic rings. The number of nitrogens with one attached hydrogen (secondary N) is 2.